The average Bonchev–Trinajstić information content (AvgIpc) is 3.24. The van der Waals surface area contributed by atoms with Crippen molar-refractivity contribution in [2.45, 2.75) is 75.9 Å². The number of anilines is 1. The van der Waals surface area contributed by atoms with Crippen LogP contribution in [0.3, 0.4) is 0 Å². The third-order valence-corrected chi connectivity index (χ3v) is 8.58. The molecule has 0 aliphatic carbocycles. The molecule has 4 heterocycles. The number of carbonyl (C=O) groups is 1. The molecule has 1 amide bonds. The van der Waals surface area contributed by atoms with E-state index in [1.807, 2.05) is 39.0 Å². The van der Waals surface area contributed by atoms with Crippen LogP contribution in [0.4, 0.5) is 5.82 Å². The highest BCUT2D eigenvalue weighted by molar-refractivity contribution is 7.90. The van der Waals surface area contributed by atoms with Crippen molar-refractivity contribution in [1.29, 1.82) is 0 Å². The molecule has 1 aliphatic rings. The van der Waals surface area contributed by atoms with Crippen molar-refractivity contribution in [3.05, 3.63) is 76.8 Å². The molecule has 40 heavy (non-hydrogen) atoms. The van der Waals surface area contributed by atoms with E-state index in [9.17, 15) is 13.2 Å². The van der Waals surface area contributed by atoms with Gasteiger partial charge in [0.15, 0.2) is 5.03 Å². The van der Waals surface area contributed by atoms with Crippen molar-refractivity contribution < 1.29 is 13.2 Å². The Hall–Kier alpha value is -3.08. The molecule has 1 aliphatic heterocycles. The Labute approximate surface area is 241 Å². The Bertz CT molecular complexity index is 1460. The fraction of sp³-hybridized carbons (Fsp3) is 0.448. The first-order valence-electron chi connectivity index (χ1n) is 13.4. The van der Waals surface area contributed by atoms with Crippen LogP contribution < -0.4 is 15.4 Å². The lowest BCUT2D eigenvalue weighted by Crippen LogP contribution is -2.33. The predicted molar refractivity (Wildman–Crippen MR) is 157 cm³/mol. The summed E-state index contributed by atoms with van der Waals surface area (Å²) in [5, 5.41) is 6.58. The topological polar surface area (TPSA) is 126 Å². The van der Waals surface area contributed by atoms with Gasteiger partial charge in [0.25, 0.3) is 15.9 Å². The summed E-state index contributed by atoms with van der Waals surface area (Å²) in [6, 6.07) is 11.9. The second-order valence-electron chi connectivity index (χ2n) is 11.9. The maximum Gasteiger partial charge on any atom is 0.281 e. The number of nitrogens with zero attached hydrogens (tertiary/aromatic N) is 3. The smallest absolute Gasteiger partial charge is 0.281 e. The monoisotopic (exact) mass is 584 g/mol. The molecule has 3 aromatic heterocycles. The largest absolute Gasteiger partial charge is 0.362 e. The normalized spacial score (nSPS) is 17.8. The SMILES string of the molecule is CC1(C)C[C@H](CCC(Nc2cccc(S(=O)(=O)NC(=O)c3c(C(C)(C)C)ccnc3Cl)n2)c2ccccn2)CN1. The van der Waals surface area contributed by atoms with Gasteiger partial charge in [-0.05, 0) is 86.9 Å². The van der Waals surface area contributed by atoms with Crippen molar-refractivity contribution in [2.24, 2.45) is 5.92 Å². The highest BCUT2D eigenvalue weighted by Gasteiger charge is 2.31. The molecule has 0 spiro atoms. The molecule has 2 atom stereocenters. The summed E-state index contributed by atoms with van der Waals surface area (Å²) >= 11 is 6.24. The molecule has 0 saturated carbocycles. The molecule has 1 saturated heterocycles. The number of hydrogen-bond donors (Lipinski definition) is 3. The summed E-state index contributed by atoms with van der Waals surface area (Å²) in [7, 11) is -4.31. The van der Waals surface area contributed by atoms with Gasteiger partial charge < -0.3 is 10.6 Å². The van der Waals surface area contributed by atoms with Gasteiger partial charge in [0.1, 0.15) is 11.0 Å². The zero-order valence-corrected chi connectivity index (χ0v) is 25.1. The van der Waals surface area contributed by atoms with E-state index in [4.69, 9.17) is 11.6 Å². The number of carbonyl (C=O) groups excluding carboxylic acids is 1. The Morgan fingerprint density at radius 3 is 2.55 bits per heavy atom. The summed E-state index contributed by atoms with van der Waals surface area (Å²) in [6.45, 7) is 11.1. The van der Waals surface area contributed by atoms with E-state index in [0.717, 1.165) is 31.5 Å². The van der Waals surface area contributed by atoms with E-state index in [0.29, 0.717) is 17.3 Å². The van der Waals surface area contributed by atoms with Crippen molar-refractivity contribution in [1.82, 2.24) is 25.0 Å². The third kappa shape index (κ3) is 7.35. The van der Waals surface area contributed by atoms with Crippen LogP contribution in [0.1, 0.15) is 81.5 Å². The fourth-order valence-corrected chi connectivity index (χ4v) is 6.27. The van der Waals surface area contributed by atoms with Gasteiger partial charge in [0.2, 0.25) is 0 Å². The minimum Gasteiger partial charge on any atom is -0.362 e. The highest BCUT2D eigenvalue weighted by atomic mass is 35.5. The number of amides is 1. The van der Waals surface area contributed by atoms with Gasteiger partial charge >= 0.3 is 0 Å². The molecule has 9 nitrogen and oxygen atoms in total. The maximum atomic E-state index is 13.3. The van der Waals surface area contributed by atoms with Gasteiger partial charge in [0, 0.05) is 17.9 Å². The van der Waals surface area contributed by atoms with Crippen molar-refractivity contribution in [3.63, 3.8) is 0 Å². The van der Waals surface area contributed by atoms with Crippen LogP contribution in [0.15, 0.2) is 59.9 Å². The van der Waals surface area contributed by atoms with Gasteiger partial charge in [-0.15, -0.1) is 0 Å². The lowest BCUT2D eigenvalue weighted by molar-refractivity contribution is 0.0979. The van der Waals surface area contributed by atoms with E-state index < -0.39 is 21.3 Å². The first-order chi connectivity index (χ1) is 18.7. The first kappa shape index (κ1) is 29.9. The Balaban J connectivity index is 1.54. The van der Waals surface area contributed by atoms with E-state index in [-0.39, 0.29) is 27.3 Å². The minimum absolute atomic E-state index is 0.0225. The summed E-state index contributed by atoms with van der Waals surface area (Å²) < 4.78 is 28.6. The standard InChI is InChI=1S/C29H37ClN6O3S/c1-28(2,3)20-14-16-32-26(30)25(20)27(37)36-40(38,39)24-11-8-10-23(35-24)34-22(21-9-6-7-15-31-21)13-12-19-17-29(4,5)33-18-19/h6-11,14-16,19,22,33H,12-13,17-18H2,1-5H3,(H,34,35)(H,36,37)/t19-,22?/m0/s1. The molecule has 3 N–H and O–H groups in total. The molecule has 0 bridgehead atoms. The predicted octanol–water partition coefficient (Wildman–Crippen LogP) is 5.26. The van der Waals surface area contributed by atoms with Gasteiger partial charge in [0.05, 0.1) is 17.3 Å². The van der Waals surface area contributed by atoms with E-state index in [1.54, 1.807) is 24.4 Å². The molecule has 11 heteroatoms. The molecule has 3 aromatic rings. The number of sulfonamides is 1. The quantitative estimate of drug-likeness (QED) is 0.291. The zero-order chi connectivity index (χ0) is 29.1. The van der Waals surface area contributed by atoms with Gasteiger partial charge in [-0.1, -0.05) is 44.5 Å². The van der Waals surface area contributed by atoms with Gasteiger partial charge in [-0.25, -0.2) is 14.7 Å². The van der Waals surface area contributed by atoms with Crippen molar-refractivity contribution >= 4 is 33.3 Å². The molecule has 214 valence electrons. The van der Waals surface area contributed by atoms with Crippen LogP contribution in [0.2, 0.25) is 5.15 Å². The fourth-order valence-electron chi connectivity index (χ4n) is 5.10. The highest BCUT2D eigenvalue weighted by Crippen LogP contribution is 2.31. The minimum atomic E-state index is -4.31. The van der Waals surface area contributed by atoms with Gasteiger partial charge in [-0.2, -0.15) is 8.42 Å². The summed E-state index contributed by atoms with van der Waals surface area (Å²) in [5.41, 5.74) is 1.12. The van der Waals surface area contributed by atoms with Crippen molar-refractivity contribution in [2.75, 3.05) is 11.9 Å². The molecule has 4 rings (SSSR count). The number of halogens is 1. The van der Waals surface area contributed by atoms with Crippen LogP contribution in [0.5, 0.6) is 0 Å². The Kier molecular flexibility index (Phi) is 8.82. The first-order valence-corrected chi connectivity index (χ1v) is 15.2. The van der Waals surface area contributed by atoms with Gasteiger partial charge in [-0.3, -0.25) is 9.78 Å². The third-order valence-electron chi connectivity index (χ3n) is 7.06. The molecule has 1 fully saturated rings. The Morgan fingerprint density at radius 1 is 1.12 bits per heavy atom. The van der Waals surface area contributed by atoms with Crippen LogP contribution in [0.25, 0.3) is 0 Å². The summed E-state index contributed by atoms with van der Waals surface area (Å²) in [4.78, 5) is 26.0. The van der Waals surface area contributed by atoms with Crippen LogP contribution >= 0.6 is 11.6 Å². The summed E-state index contributed by atoms with van der Waals surface area (Å²) in [6.07, 6.45) is 6.09. The molecule has 0 radical (unpaired) electrons. The average molecular weight is 585 g/mol. The number of hydrogen-bond acceptors (Lipinski definition) is 8. The number of pyridine rings is 3. The maximum absolute atomic E-state index is 13.3. The number of nitrogens with one attached hydrogen (secondary N) is 3. The molecule has 1 unspecified atom stereocenters. The Morgan fingerprint density at radius 2 is 1.90 bits per heavy atom. The molecule has 0 aromatic carbocycles. The number of aromatic nitrogens is 3. The lowest BCUT2D eigenvalue weighted by atomic mass is 9.84. The lowest BCUT2D eigenvalue weighted by Gasteiger charge is -2.23. The van der Waals surface area contributed by atoms with E-state index >= 15 is 0 Å². The second kappa shape index (κ2) is 11.8. The van der Waals surface area contributed by atoms with Crippen LogP contribution in [-0.2, 0) is 15.4 Å². The number of rotatable bonds is 9. The van der Waals surface area contributed by atoms with Crippen molar-refractivity contribution in [3.8, 4) is 0 Å². The van der Waals surface area contributed by atoms with E-state index in [1.165, 1.54) is 12.3 Å². The van der Waals surface area contributed by atoms with Crippen LogP contribution in [0, 0.1) is 5.92 Å². The van der Waals surface area contributed by atoms with Crippen LogP contribution in [-0.4, -0.2) is 41.4 Å². The molecular formula is C29H37ClN6O3S. The summed E-state index contributed by atoms with van der Waals surface area (Å²) in [5.74, 6) is 0.0449. The zero-order valence-electron chi connectivity index (χ0n) is 23.5. The van der Waals surface area contributed by atoms with E-state index in [2.05, 4.69) is 44.2 Å². The second-order valence-corrected chi connectivity index (χ2v) is 13.9. The molecular weight excluding hydrogens is 548 g/mol.